The number of aromatic nitrogens is 2. The highest BCUT2D eigenvalue weighted by molar-refractivity contribution is 6.10. The van der Waals surface area contributed by atoms with E-state index in [1.807, 2.05) is 12.1 Å². The first-order valence-corrected chi connectivity index (χ1v) is 8.80. The van der Waals surface area contributed by atoms with Crippen molar-refractivity contribution in [3.05, 3.63) is 64.2 Å². The predicted molar refractivity (Wildman–Crippen MR) is 106 cm³/mol. The lowest BCUT2D eigenvalue weighted by Gasteiger charge is -2.19. The molecule has 9 nitrogen and oxygen atoms in total. The molecule has 0 radical (unpaired) electrons. The fourth-order valence-corrected chi connectivity index (χ4v) is 3.09. The fraction of sp³-hybridized carbons (Fsp3) is 0.250. The van der Waals surface area contributed by atoms with Crippen molar-refractivity contribution < 1.29 is 19.2 Å². The number of amides is 1. The molecule has 150 valence electrons. The van der Waals surface area contributed by atoms with E-state index in [0.29, 0.717) is 13.0 Å². The Bertz CT molecular complexity index is 1060. The van der Waals surface area contributed by atoms with Crippen molar-refractivity contribution >= 4 is 22.4 Å². The minimum atomic E-state index is -0.522. The summed E-state index contributed by atoms with van der Waals surface area (Å²) in [4.78, 5) is 33.8. The van der Waals surface area contributed by atoms with Crippen molar-refractivity contribution in [1.82, 2.24) is 14.9 Å². The Balaban J connectivity index is 2.05. The molecule has 0 saturated heterocycles. The smallest absolute Gasteiger partial charge is 0.281 e. The van der Waals surface area contributed by atoms with Crippen LogP contribution >= 0.6 is 0 Å². The fourth-order valence-electron chi connectivity index (χ4n) is 3.09. The number of non-ortho nitro benzene ring substituents is 1. The van der Waals surface area contributed by atoms with Gasteiger partial charge in [-0.25, -0.2) is 0 Å². The maximum atomic E-state index is 13.1. The third-order valence-electron chi connectivity index (χ3n) is 4.60. The van der Waals surface area contributed by atoms with E-state index in [1.54, 1.807) is 19.4 Å². The molecule has 3 aromatic rings. The summed E-state index contributed by atoms with van der Waals surface area (Å²) in [5.41, 5.74) is 0.924. The van der Waals surface area contributed by atoms with E-state index in [2.05, 4.69) is 9.97 Å². The van der Waals surface area contributed by atoms with Crippen molar-refractivity contribution in [1.29, 1.82) is 0 Å². The number of hydrogen-bond donors (Lipinski definition) is 0. The van der Waals surface area contributed by atoms with Crippen LogP contribution < -0.4 is 9.47 Å². The first-order chi connectivity index (χ1) is 14.0. The molecule has 0 saturated carbocycles. The second-order valence-electron chi connectivity index (χ2n) is 6.30. The van der Waals surface area contributed by atoms with Crippen LogP contribution in [0.2, 0.25) is 0 Å². The van der Waals surface area contributed by atoms with Gasteiger partial charge in [-0.2, -0.15) is 0 Å². The predicted octanol–water partition coefficient (Wildman–Crippen LogP) is 2.87. The number of rotatable bonds is 7. The van der Waals surface area contributed by atoms with Crippen molar-refractivity contribution in [2.24, 2.45) is 0 Å². The lowest BCUT2D eigenvalue weighted by molar-refractivity contribution is -0.383. The summed E-state index contributed by atoms with van der Waals surface area (Å²) in [6, 6.07) is 6.53. The summed E-state index contributed by atoms with van der Waals surface area (Å²) in [6.45, 7) is 0.440. The van der Waals surface area contributed by atoms with E-state index in [0.717, 1.165) is 5.56 Å². The number of likely N-dealkylation sites (N-methyl/N-ethyl adjacent to an activating group) is 1. The largest absolute Gasteiger partial charge is 0.493 e. The number of carbonyl (C=O) groups excluding carboxylic acids is 1. The summed E-state index contributed by atoms with van der Waals surface area (Å²) in [7, 11) is 4.45. The SMILES string of the molecule is COc1cc([N+](=O)[O-])c2ccnc(C(=O)N(C)CCc3ccncc3)c2c1OC. The Morgan fingerprint density at radius 3 is 2.52 bits per heavy atom. The molecule has 1 amide bonds. The molecule has 0 aliphatic rings. The molecule has 0 bridgehead atoms. The highest BCUT2D eigenvalue weighted by atomic mass is 16.6. The third kappa shape index (κ3) is 3.93. The van der Waals surface area contributed by atoms with Gasteiger partial charge in [0.2, 0.25) is 0 Å². The molecule has 0 aliphatic carbocycles. The van der Waals surface area contributed by atoms with Crippen molar-refractivity contribution in [2.45, 2.75) is 6.42 Å². The number of methoxy groups -OCH3 is 2. The standard InChI is InChI=1S/C20H20N4O5/c1-23(11-7-13-4-8-21-9-5-13)20(25)18-17-14(6-10-22-18)15(24(26)27)12-16(28-2)19(17)29-3/h4-6,8-10,12H,7,11H2,1-3H3. The molecule has 29 heavy (non-hydrogen) atoms. The molecule has 3 rings (SSSR count). The molecule has 0 fully saturated rings. The van der Waals surface area contributed by atoms with Gasteiger partial charge in [0.25, 0.3) is 11.6 Å². The third-order valence-corrected chi connectivity index (χ3v) is 4.60. The van der Waals surface area contributed by atoms with E-state index in [4.69, 9.17) is 9.47 Å². The number of nitro benzene ring substituents is 1. The van der Waals surface area contributed by atoms with Crippen LogP contribution in [0.4, 0.5) is 5.69 Å². The number of pyridine rings is 2. The van der Waals surface area contributed by atoms with Gasteiger partial charge in [0, 0.05) is 32.2 Å². The number of hydrogen-bond acceptors (Lipinski definition) is 7. The van der Waals surface area contributed by atoms with Gasteiger partial charge in [-0.05, 0) is 30.2 Å². The average Bonchev–Trinajstić information content (AvgIpc) is 2.75. The van der Waals surface area contributed by atoms with Crippen LogP contribution in [0.5, 0.6) is 11.5 Å². The van der Waals surface area contributed by atoms with Crippen molar-refractivity contribution in [3.63, 3.8) is 0 Å². The number of ether oxygens (including phenoxy) is 2. The molecule has 2 heterocycles. The first-order valence-electron chi connectivity index (χ1n) is 8.80. The summed E-state index contributed by atoms with van der Waals surface area (Å²) in [5, 5.41) is 12.1. The second kappa shape index (κ2) is 8.51. The molecule has 0 unspecified atom stereocenters. The van der Waals surface area contributed by atoms with Gasteiger partial charge in [0.15, 0.2) is 11.5 Å². The van der Waals surface area contributed by atoms with Crippen molar-refractivity contribution in [3.8, 4) is 11.5 Å². The van der Waals surface area contributed by atoms with E-state index in [1.165, 1.54) is 37.4 Å². The van der Waals surface area contributed by atoms with Crippen LogP contribution in [0.15, 0.2) is 42.9 Å². The number of carbonyl (C=O) groups is 1. The highest BCUT2D eigenvalue weighted by Crippen LogP contribution is 2.42. The van der Waals surface area contributed by atoms with Gasteiger partial charge in [-0.1, -0.05) is 0 Å². The first kappa shape index (κ1) is 20.0. The lowest BCUT2D eigenvalue weighted by atomic mass is 10.0. The molecular formula is C20H20N4O5. The minimum absolute atomic E-state index is 0.0681. The minimum Gasteiger partial charge on any atom is -0.493 e. The Morgan fingerprint density at radius 1 is 1.17 bits per heavy atom. The Labute approximate surface area is 167 Å². The molecule has 0 aliphatic heterocycles. The van der Waals surface area contributed by atoms with E-state index >= 15 is 0 Å². The van der Waals surface area contributed by atoms with Crippen LogP contribution in [-0.2, 0) is 6.42 Å². The van der Waals surface area contributed by atoms with Crippen LogP contribution in [0.25, 0.3) is 10.8 Å². The van der Waals surface area contributed by atoms with Gasteiger partial charge >= 0.3 is 0 Å². The molecule has 9 heteroatoms. The van der Waals surface area contributed by atoms with E-state index in [9.17, 15) is 14.9 Å². The molecule has 0 N–H and O–H groups in total. The molecule has 0 spiro atoms. The molecule has 2 aromatic heterocycles. The maximum Gasteiger partial charge on any atom is 0.281 e. The van der Waals surface area contributed by atoms with Gasteiger partial charge in [0.1, 0.15) is 5.69 Å². The Kier molecular flexibility index (Phi) is 5.87. The van der Waals surface area contributed by atoms with Gasteiger partial charge in [-0.3, -0.25) is 24.9 Å². The lowest BCUT2D eigenvalue weighted by Crippen LogP contribution is -2.29. The molecular weight excluding hydrogens is 376 g/mol. The van der Waals surface area contributed by atoms with Gasteiger partial charge in [0.05, 0.1) is 36.0 Å². The zero-order valence-corrected chi connectivity index (χ0v) is 16.3. The van der Waals surface area contributed by atoms with Crippen LogP contribution in [0.1, 0.15) is 16.1 Å². The van der Waals surface area contributed by atoms with Crippen LogP contribution in [0, 0.1) is 10.1 Å². The zero-order chi connectivity index (χ0) is 21.0. The number of nitro groups is 1. The normalized spacial score (nSPS) is 10.6. The summed E-state index contributed by atoms with van der Waals surface area (Å²) < 4.78 is 10.7. The topological polar surface area (TPSA) is 108 Å². The highest BCUT2D eigenvalue weighted by Gasteiger charge is 2.26. The number of benzene rings is 1. The average molecular weight is 396 g/mol. The summed E-state index contributed by atoms with van der Waals surface area (Å²) in [6.07, 6.45) is 5.40. The molecule has 0 atom stereocenters. The molecule has 1 aromatic carbocycles. The van der Waals surface area contributed by atoms with E-state index in [-0.39, 0.29) is 39.6 Å². The van der Waals surface area contributed by atoms with E-state index < -0.39 is 4.92 Å². The maximum absolute atomic E-state index is 13.1. The summed E-state index contributed by atoms with van der Waals surface area (Å²) in [5.74, 6) is 0.0192. The zero-order valence-electron chi connectivity index (χ0n) is 16.3. The number of fused-ring (bicyclic) bond motifs is 1. The Hall–Kier alpha value is -3.75. The van der Waals surface area contributed by atoms with Gasteiger partial charge in [-0.15, -0.1) is 0 Å². The summed E-state index contributed by atoms with van der Waals surface area (Å²) >= 11 is 0. The van der Waals surface area contributed by atoms with Gasteiger partial charge < -0.3 is 14.4 Å². The quantitative estimate of drug-likeness (QED) is 0.446. The monoisotopic (exact) mass is 396 g/mol. The Morgan fingerprint density at radius 2 is 1.90 bits per heavy atom. The van der Waals surface area contributed by atoms with Crippen LogP contribution in [-0.4, -0.2) is 53.5 Å². The second-order valence-corrected chi connectivity index (χ2v) is 6.30. The number of nitrogens with zero attached hydrogens (tertiary/aromatic N) is 4. The van der Waals surface area contributed by atoms with Crippen molar-refractivity contribution in [2.75, 3.05) is 27.8 Å². The van der Waals surface area contributed by atoms with Crippen LogP contribution in [0.3, 0.4) is 0 Å².